The molecular weight excluding hydrogens is 598 g/mol. The lowest BCUT2D eigenvalue weighted by atomic mass is 9.99. The molecule has 1 N–H and O–H groups in total. The van der Waals surface area contributed by atoms with Crippen LogP contribution in [0.3, 0.4) is 0 Å². The van der Waals surface area contributed by atoms with Gasteiger partial charge in [-0.15, -0.1) is 0 Å². The molecule has 4 aromatic rings. The Kier molecular flexibility index (Phi) is 9.27. The molecule has 47 heavy (non-hydrogen) atoms. The number of anilines is 2. The van der Waals surface area contributed by atoms with Gasteiger partial charge in [0.1, 0.15) is 34.7 Å². The topological polar surface area (TPSA) is 125 Å². The predicted octanol–water partition coefficient (Wildman–Crippen LogP) is 5.46. The van der Waals surface area contributed by atoms with Crippen LogP contribution >= 0.6 is 0 Å². The minimum Gasteiger partial charge on any atom is -0.497 e. The molecular formula is C36H37N5O6. The molecule has 0 saturated heterocycles. The van der Waals surface area contributed by atoms with Crippen molar-refractivity contribution in [2.45, 2.75) is 46.3 Å². The van der Waals surface area contributed by atoms with Crippen LogP contribution in [0.25, 0.3) is 16.5 Å². The fourth-order valence-corrected chi connectivity index (χ4v) is 5.26. The van der Waals surface area contributed by atoms with Crippen molar-refractivity contribution in [2.75, 3.05) is 23.5 Å². The van der Waals surface area contributed by atoms with Gasteiger partial charge in [0.25, 0.3) is 11.8 Å². The van der Waals surface area contributed by atoms with E-state index in [1.54, 1.807) is 112 Å². The normalized spacial score (nSPS) is 14.8. The van der Waals surface area contributed by atoms with Gasteiger partial charge in [-0.3, -0.25) is 24.4 Å². The van der Waals surface area contributed by atoms with E-state index in [2.05, 4.69) is 10.2 Å². The van der Waals surface area contributed by atoms with E-state index in [1.165, 1.54) is 17.3 Å². The van der Waals surface area contributed by atoms with Crippen molar-refractivity contribution in [3.05, 3.63) is 103 Å². The zero-order chi connectivity index (χ0) is 33.9. The van der Waals surface area contributed by atoms with Gasteiger partial charge < -0.3 is 19.3 Å². The number of nitrogens with one attached hydrogen (secondary N) is 1. The Morgan fingerprint density at radius 1 is 0.894 bits per heavy atom. The monoisotopic (exact) mass is 635 g/mol. The molecule has 0 aliphatic carbocycles. The molecule has 3 aromatic carbocycles. The van der Waals surface area contributed by atoms with Crippen LogP contribution in [0.2, 0.25) is 0 Å². The van der Waals surface area contributed by atoms with Gasteiger partial charge in [-0.2, -0.15) is 5.10 Å². The average molecular weight is 636 g/mol. The van der Waals surface area contributed by atoms with Gasteiger partial charge in [-0.05, 0) is 77.1 Å². The summed E-state index contributed by atoms with van der Waals surface area (Å²) in [6, 6.07) is 22.5. The minimum atomic E-state index is -0.963. The maximum atomic E-state index is 14.6. The number of carbonyl (C=O) groups excluding carboxylic acids is 4. The van der Waals surface area contributed by atoms with E-state index >= 15 is 0 Å². The summed E-state index contributed by atoms with van der Waals surface area (Å²) < 4.78 is 11.0. The van der Waals surface area contributed by atoms with Gasteiger partial charge in [-0.25, -0.2) is 4.79 Å². The summed E-state index contributed by atoms with van der Waals surface area (Å²) in [5.41, 5.74) is -0.0415. The maximum absolute atomic E-state index is 14.6. The molecule has 0 spiro atoms. The number of fused-ring (bicyclic) bond motifs is 1. The lowest BCUT2D eigenvalue weighted by Gasteiger charge is -2.29. The number of aromatic nitrogens is 2. The fraction of sp³-hybridized carbons (Fsp3) is 0.250. The number of hydrogen-bond donors (Lipinski definition) is 1. The summed E-state index contributed by atoms with van der Waals surface area (Å²) in [6.07, 6.45) is 2.79. The summed E-state index contributed by atoms with van der Waals surface area (Å²) >= 11 is 0. The summed E-state index contributed by atoms with van der Waals surface area (Å²) in [5, 5.41) is 7.78. The number of carbonyl (C=O) groups is 4. The van der Waals surface area contributed by atoms with Crippen LogP contribution < -0.4 is 14.5 Å². The second kappa shape index (κ2) is 13.3. The molecule has 3 amide bonds. The smallest absolute Gasteiger partial charge is 0.341 e. The molecule has 2 heterocycles. The number of hydrogen-bond acceptors (Lipinski definition) is 7. The van der Waals surface area contributed by atoms with Crippen molar-refractivity contribution in [1.82, 2.24) is 15.1 Å². The van der Waals surface area contributed by atoms with Crippen LogP contribution in [-0.4, -0.2) is 64.1 Å². The highest BCUT2D eigenvalue weighted by Gasteiger charge is 2.39. The predicted molar refractivity (Wildman–Crippen MR) is 179 cm³/mol. The highest BCUT2D eigenvalue weighted by atomic mass is 16.6. The fourth-order valence-electron chi connectivity index (χ4n) is 5.26. The number of methoxy groups -OCH3 is 1. The summed E-state index contributed by atoms with van der Waals surface area (Å²) in [4.78, 5) is 61.0. The van der Waals surface area contributed by atoms with Gasteiger partial charge >= 0.3 is 5.97 Å². The number of amides is 3. The van der Waals surface area contributed by atoms with E-state index < -0.39 is 41.4 Å². The van der Waals surface area contributed by atoms with Crippen molar-refractivity contribution in [3.63, 3.8) is 0 Å². The second-order valence-corrected chi connectivity index (χ2v) is 12.2. The molecule has 1 aromatic heterocycles. The van der Waals surface area contributed by atoms with Crippen molar-refractivity contribution in [1.29, 1.82) is 0 Å². The van der Waals surface area contributed by atoms with E-state index in [1.807, 2.05) is 13.8 Å². The number of benzene rings is 3. The van der Waals surface area contributed by atoms with Gasteiger partial charge in [0, 0.05) is 35.2 Å². The zero-order valence-corrected chi connectivity index (χ0v) is 27.2. The van der Waals surface area contributed by atoms with Crippen molar-refractivity contribution >= 4 is 51.5 Å². The third-order valence-corrected chi connectivity index (χ3v) is 7.34. The first-order valence-electron chi connectivity index (χ1n) is 15.1. The first-order chi connectivity index (χ1) is 22.4. The number of esters is 1. The Morgan fingerprint density at radius 2 is 1.55 bits per heavy atom. The Labute approximate surface area is 273 Å². The molecule has 0 atom stereocenters. The summed E-state index contributed by atoms with van der Waals surface area (Å²) in [5.74, 6) is -2.33. The van der Waals surface area contributed by atoms with Gasteiger partial charge in [0.15, 0.2) is 0 Å². The summed E-state index contributed by atoms with van der Waals surface area (Å²) in [6.45, 7) is 8.36. The molecule has 5 rings (SSSR count). The largest absolute Gasteiger partial charge is 0.497 e. The SMILES string of the molecule is COc1ccc(N(C(=O)CN2C=CN(c3ccccc3)C(=O)C(=C(C(=O)OC(C)(C)C)c3n[nH]c4ccccc34)C2=O)C(C)C)cc1. The maximum Gasteiger partial charge on any atom is 0.341 e. The molecule has 0 unspecified atom stereocenters. The molecule has 0 saturated carbocycles. The Morgan fingerprint density at radius 3 is 2.19 bits per heavy atom. The quantitative estimate of drug-likeness (QED) is 0.155. The van der Waals surface area contributed by atoms with E-state index in [-0.39, 0.29) is 17.3 Å². The minimum absolute atomic E-state index is 0.0785. The number of nitrogens with zero attached hydrogens (tertiary/aromatic N) is 4. The summed E-state index contributed by atoms with van der Waals surface area (Å²) in [7, 11) is 1.56. The highest BCUT2D eigenvalue weighted by molar-refractivity contribution is 6.38. The van der Waals surface area contributed by atoms with Crippen LogP contribution in [0.5, 0.6) is 5.75 Å². The van der Waals surface area contributed by atoms with E-state index in [0.29, 0.717) is 28.0 Å². The number of aromatic amines is 1. The molecule has 1 aliphatic heterocycles. The number of rotatable bonds is 8. The molecule has 0 radical (unpaired) electrons. The first kappa shape index (κ1) is 32.7. The van der Waals surface area contributed by atoms with Gasteiger partial charge in [0.05, 0.1) is 12.6 Å². The zero-order valence-electron chi connectivity index (χ0n) is 27.2. The van der Waals surface area contributed by atoms with Crippen molar-refractivity contribution in [2.24, 2.45) is 0 Å². The van der Waals surface area contributed by atoms with Gasteiger partial charge in [-0.1, -0.05) is 36.4 Å². The van der Waals surface area contributed by atoms with E-state index in [4.69, 9.17) is 9.47 Å². The molecule has 0 bridgehead atoms. The van der Waals surface area contributed by atoms with Crippen LogP contribution in [0.1, 0.15) is 40.3 Å². The van der Waals surface area contributed by atoms with Crippen LogP contribution in [0.15, 0.2) is 96.8 Å². The van der Waals surface area contributed by atoms with Crippen LogP contribution in [0.4, 0.5) is 11.4 Å². The second-order valence-electron chi connectivity index (χ2n) is 12.2. The van der Waals surface area contributed by atoms with Crippen LogP contribution in [0, 0.1) is 0 Å². The third kappa shape index (κ3) is 6.94. The molecule has 0 fully saturated rings. The first-order valence-corrected chi connectivity index (χ1v) is 15.1. The Bertz CT molecular complexity index is 1870. The average Bonchev–Trinajstić information content (AvgIpc) is 3.41. The van der Waals surface area contributed by atoms with Gasteiger partial charge in [0.2, 0.25) is 5.91 Å². The number of ether oxygens (including phenoxy) is 2. The Balaban J connectivity index is 1.68. The molecule has 242 valence electrons. The number of para-hydroxylation sites is 2. The van der Waals surface area contributed by atoms with E-state index in [0.717, 1.165) is 4.90 Å². The van der Waals surface area contributed by atoms with Crippen LogP contribution in [-0.2, 0) is 23.9 Å². The van der Waals surface area contributed by atoms with E-state index in [9.17, 15) is 19.2 Å². The van der Waals surface area contributed by atoms with Crippen molar-refractivity contribution in [3.8, 4) is 5.75 Å². The van der Waals surface area contributed by atoms with Crippen molar-refractivity contribution < 1.29 is 28.7 Å². The highest BCUT2D eigenvalue weighted by Crippen LogP contribution is 2.32. The Hall–Kier alpha value is -5.71. The standard InChI is InChI=1S/C36H37N5O6/c1-23(2)41(25-16-18-26(46-6)19-17-25)29(42)22-39-20-21-40(24-12-8-7-9-13-24)34(44)31(33(39)43)30(35(45)47-36(3,4)5)32-27-14-10-11-15-28(27)37-38-32/h7-21,23H,22H2,1-6H3,(H,37,38). The lowest BCUT2D eigenvalue weighted by Crippen LogP contribution is -2.45. The molecule has 11 heteroatoms. The lowest BCUT2D eigenvalue weighted by molar-refractivity contribution is -0.147. The molecule has 1 aliphatic rings. The third-order valence-electron chi connectivity index (χ3n) is 7.34. The molecule has 11 nitrogen and oxygen atoms in total. The number of H-pyrrole nitrogens is 1.